The Labute approximate surface area is 149 Å². The Kier molecular flexibility index (Phi) is 6.66. The Morgan fingerprint density at radius 3 is 2.68 bits per heavy atom. The van der Waals surface area contributed by atoms with Crippen LogP contribution in [0, 0.1) is 0 Å². The first-order valence-corrected chi connectivity index (χ1v) is 11.2. The molecular weight excluding hydrogens is 368 g/mol. The predicted molar refractivity (Wildman–Crippen MR) is 95.0 cm³/mol. The summed E-state index contributed by atoms with van der Waals surface area (Å²) >= 11 is 0. The van der Waals surface area contributed by atoms with Crippen LogP contribution in [0.1, 0.15) is 19.8 Å². The predicted octanol–water partition coefficient (Wildman–Crippen LogP) is 0.940. The second-order valence-corrected chi connectivity index (χ2v) is 9.30. The van der Waals surface area contributed by atoms with Gasteiger partial charge < -0.3 is 9.47 Å². The lowest BCUT2D eigenvalue weighted by Gasteiger charge is -2.28. The average Bonchev–Trinajstić information content (AvgIpc) is 2.55. The Balaban J connectivity index is 2.42. The van der Waals surface area contributed by atoms with E-state index in [9.17, 15) is 16.8 Å². The number of anilines is 1. The summed E-state index contributed by atoms with van der Waals surface area (Å²) in [5.41, 5.74) is 0.329. The van der Waals surface area contributed by atoms with Gasteiger partial charge in [-0.25, -0.2) is 21.6 Å². The molecule has 2 rings (SSSR count). The van der Waals surface area contributed by atoms with Crippen molar-refractivity contribution >= 4 is 25.7 Å². The lowest BCUT2D eigenvalue weighted by atomic mass is 10.2. The molecule has 0 atom stereocenters. The van der Waals surface area contributed by atoms with Gasteiger partial charge in [0, 0.05) is 20.2 Å². The molecule has 1 fully saturated rings. The average molecular weight is 392 g/mol. The monoisotopic (exact) mass is 392 g/mol. The van der Waals surface area contributed by atoms with Crippen molar-refractivity contribution in [2.75, 3.05) is 43.5 Å². The fourth-order valence-corrected chi connectivity index (χ4v) is 5.38. The first kappa shape index (κ1) is 20.0. The maximum Gasteiger partial charge on any atom is 0.244 e. The molecule has 0 radical (unpaired) electrons. The van der Waals surface area contributed by atoms with Gasteiger partial charge in [0.2, 0.25) is 20.0 Å². The van der Waals surface area contributed by atoms with Crippen LogP contribution in [0.2, 0.25) is 0 Å². The van der Waals surface area contributed by atoms with Gasteiger partial charge in [-0.3, -0.25) is 4.31 Å². The van der Waals surface area contributed by atoms with E-state index in [2.05, 4.69) is 4.72 Å². The van der Waals surface area contributed by atoms with E-state index in [0.717, 1.165) is 6.42 Å². The summed E-state index contributed by atoms with van der Waals surface area (Å²) in [5.74, 6) is 0.250. The number of hydrogen-bond acceptors (Lipinski definition) is 6. The standard InChI is InChI=1S/C15H24N2O6S2/c1-3-23-14-7-6-13(17-9-4-5-11-24(17,18)19)12-15(14)25(20,21)16-8-10-22-2/h6-7,12,16H,3-5,8-11H2,1-2H3. The normalized spacial score (nSPS) is 17.4. The van der Waals surface area contributed by atoms with Gasteiger partial charge in [-0.1, -0.05) is 0 Å². The number of nitrogens with zero attached hydrogens (tertiary/aromatic N) is 1. The zero-order valence-electron chi connectivity index (χ0n) is 14.4. The van der Waals surface area contributed by atoms with Gasteiger partial charge in [0.05, 0.1) is 24.7 Å². The van der Waals surface area contributed by atoms with Gasteiger partial charge in [-0.2, -0.15) is 0 Å². The van der Waals surface area contributed by atoms with Crippen LogP contribution in [0.25, 0.3) is 0 Å². The molecular formula is C15H24N2O6S2. The number of sulfonamides is 2. The third-order valence-corrected chi connectivity index (χ3v) is 7.10. The molecule has 25 heavy (non-hydrogen) atoms. The maximum absolute atomic E-state index is 12.6. The minimum absolute atomic E-state index is 0.0639. The Morgan fingerprint density at radius 1 is 1.28 bits per heavy atom. The van der Waals surface area contributed by atoms with Gasteiger partial charge in [0.25, 0.3) is 0 Å². The summed E-state index contributed by atoms with van der Waals surface area (Å²) in [4.78, 5) is -0.0799. The van der Waals surface area contributed by atoms with E-state index in [1.807, 2.05) is 0 Å². The van der Waals surface area contributed by atoms with Crippen LogP contribution in [0.15, 0.2) is 23.1 Å². The van der Waals surface area contributed by atoms with Crippen LogP contribution in [-0.2, 0) is 24.8 Å². The molecule has 8 nitrogen and oxygen atoms in total. The lowest BCUT2D eigenvalue weighted by Crippen LogP contribution is -2.38. The number of hydrogen-bond donors (Lipinski definition) is 1. The number of rotatable bonds is 8. The summed E-state index contributed by atoms with van der Waals surface area (Å²) in [5, 5.41) is 0. The second kappa shape index (κ2) is 8.35. The Bertz CT molecular complexity index is 792. The van der Waals surface area contributed by atoms with E-state index in [0.29, 0.717) is 25.3 Å². The smallest absolute Gasteiger partial charge is 0.244 e. The zero-order chi connectivity index (χ0) is 18.5. The van der Waals surface area contributed by atoms with Gasteiger partial charge in [-0.15, -0.1) is 0 Å². The fourth-order valence-electron chi connectivity index (χ4n) is 2.57. The molecule has 1 aliphatic heterocycles. The lowest BCUT2D eigenvalue weighted by molar-refractivity contribution is 0.204. The summed E-state index contributed by atoms with van der Waals surface area (Å²) in [6.45, 7) is 2.71. The van der Waals surface area contributed by atoms with Crippen molar-refractivity contribution in [3.8, 4) is 5.75 Å². The number of methoxy groups -OCH3 is 1. The molecule has 1 aromatic rings. The first-order valence-electron chi connectivity index (χ1n) is 8.07. The third-order valence-electron chi connectivity index (χ3n) is 3.75. The van der Waals surface area contributed by atoms with Crippen molar-refractivity contribution in [3.63, 3.8) is 0 Å². The summed E-state index contributed by atoms with van der Waals surface area (Å²) < 4.78 is 63.7. The summed E-state index contributed by atoms with van der Waals surface area (Å²) in [6, 6.07) is 4.42. The van der Waals surface area contributed by atoms with Crippen molar-refractivity contribution in [1.29, 1.82) is 0 Å². The number of nitrogens with one attached hydrogen (secondary N) is 1. The highest BCUT2D eigenvalue weighted by atomic mass is 32.2. The first-order chi connectivity index (χ1) is 11.8. The van der Waals surface area contributed by atoms with Crippen LogP contribution in [-0.4, -0.2) is 56.0 Å². The molecule has 0 saturated carbocycles. The highest BCUT2D eigenvalue weighted by Gasteiger charge is 2.28. The van der Waals surface area contributed by atoms with E-state index in [4.69, 9.17) is 9.47 Å². The minimum Gasteiger partial charge on any atom is -0.492 e. The van der Waals surface area contributed by atoms with E-state index in [1.54, 1.807) is 13.0 Å². The second-order valence-electron chi connectivity index (χ2n) is 5.55. The van der Waals surface area contributed by atoms with Crippen LogP contribution in [0.4, 0.5) is 5.69 Å². The quantitative estimate of drug-likeness (QED) is 0.661. The molecule has 1 saturated heterocycles. The van der Waals surface area contributed by atoms with E-state index in [1.165, 1.54) is 23.5 Å². The molecule has 1 aromatic carbocycles. The number of benzene rings is 1. The molecule has 1 heterocycles. The Hall–Kier alpha value is -1.36. The van der Waals surface area contributed by atoms with Gasteiger partial charge >= 0.3 is 0 Å². The van der Waals surface area contributed by atoms with Gasteiger partial charge in [0.15, 0.2) is 0 Å². The summed E-state index contributed by atoms with van der Waals surface area (Å²) in [7, 11) is -5.81. The highest BCUT2D eigenvalue weighted by Crippen LogP contribution is 2.31. The van der Waals surface area contributed by atoms with Crippen molar-refractivity contribution in [1.82, 2.24) is 4.72 Å². The molecule has 0 unspecified atom stereocenters. The van der Waals surface area contributed by atoms with Gasteiger partial charge in [-0.05, 0) is 38.0 Å². The molecule has 10 heteroatoms. The highest BCUT2D eigenvalue weighted by molar-refractivity contribution is 7.92. The topological polar surface area (TPSA) is 102 Å². The van der Waals surface area contributed by atoms with E-state index < -0.39 is 20.0 Å². The van der Waals surface area contributed by atoms with Crippen molar-refractivity contribution < 1.29 is 26.3 Å². The van der Waals surface area contributed by atoms with E-state index in [-0.39, 0.29) is 29.5 Å². The molecule has 1 N–H and O–H groups in total. The van der Waals surface area contributed by atoms with Crippen LogP contribution >= 0.6 is 0 Å². The minimum atomic E-state index is -3.86. The van der Waals surface area contributed by atoms with Crippen molar-refractivity contribution in [2.24, 2.45) is 0 Å². The van der Waals surface area contributed by atoms with Gasteiger partial charge in [0.1, 0.15) is 10.6 Å². The fraction of sp³-hybridized carbons (Fsp3) is 0.600. The SMILES string of the molecule is CCOc1ccc(N2CCCCS2(=O)=O)cc1S(=O)(=O)NCCOC. The molecule has 142 valence electrons. The van der Waals surface area contributed by atoms with E-state index >= 15 is 0 Å². The summed E-state index contributed by atoms with van der Waals surface area (Å²) in [6.07, 6.45) is 1.35. The molecule has 1 aliphatic rings. The van der Waals surface area contributed by atoms with Crippen molar-refractivity contribution in [2.45, 2.75) is 24.7 Å². The Morgan fingerprint density at radius 2 is 2.04 bits per heavy atom. The zero-order valence-corrected chi connectivity index (χ0v) is 16.0. The van der Waals surface area contributed by atoms with Crippen LogP contribution in [0.3, 0.4) is 0 Å². The van der Waals surface area contributed by atoms with Crippen molar-refractivity contribution in [3.05, 3.63) is 18.2 Å². The number of ether oxygens (including phenoxy) is 2. The van der Waals surface area contributed by atoms with Crippen LogP contribution < -0.4 is 13.8 Å². The van der Waals surface area contributed by atoms with Crippen LogP contribution in [0.5, 0.6) is 5.75 Å². The molecule has 0 amide bonds. The molecule has 0 aromatic heterocycles. The third kappa shape index (κ3) is 4.84. The largest absolute Gasteiger partial charge is 0.492 e. The molecule has 0 aliphatic carbocycles. The molecule has 0 bridgehead atoms. The maximum atomic E-state index is 12.6. The molecule has 0 spiro atoms.